The van der Waals surface area contributed by atoms with Crippen molar-refractivity contribution in [2.45, 2.75) is 91.0 Å². The number of rotatable bonds is 2. The molecule has 1 spiro atoms. The first-order valence-corrected chi connectivity index (χ1v) is 12.2. The Labute approximate surface area is 188 Å². The molecule has 0 amide bonds. The van der Waals surface area contributed by atoms with Crippen molar-refractivity contribution in [1.82, 2.24) is 0 Å². The van der Waals surface area contributed by atoms with Crippen molar-refractivity contribution in [2.75, 3.05) is 0 Å². The summed E-state index contributed by atoms with van der Waals surface area (Å²) in [6.07, 6.45) is 4.40. The molecule has 176 valence electrons. The molecule has 5 rings (SSSR count). The van der Waals surface area contributed by atoms with Gasteiger partial charge in [-0.2, -0.15) is 0 Å². The zero-order valence-electron chi connectivity index (χ0n) is 19.4. The predicted octanol–water partition coefficient (Wildman–Crippen LogP) is 3.22. The van der Waals surface area contributed by atoms with E-state index >= 15 is 0 Å². The minimum atomic E-state index is -1.03. The second kappa shape index (κ2) is 7.29. The molecule has 1 heterocycles. The highest BCUT2D eigenvalue weighted by Crippen LogP contribution is 2.69. The van der Waals surface area contributed by atoms with Crippen molar-refractivity contribution >= 4 is 23.7 Å². The molecular weight excluding hydrogens is 412 g/mol. The second-order valence-electron chi connectivity index (χ2n) is 11.2. The lowest BCUT2D eigenvalue weighted by Crippen LogP contribution is -2.61. The highest BCUT2D eigenvalue weighted by Gasteiger charge is 2.76. The van der Waals surface area contributed by atoms with Crippen LogP contribution in [0.5, 0.6) is 0 Å². The van der Waals surface area contributed by atoms with Crippen LogP contribution in [0.25, 0.3) is 0 Å². The van der Waals surface area contributed by atoms with Gasteiger partial charge in [0.2, 0.25) is 0 Å². The Morgan fingerprint density at radius 2 is 1.72 bits per heavy atom. The van der Waals surface area contributed by atoms with Crippen LogP contribution in [0.3, 0.4) is 0 Å². The van der Waals surface area contributed by atoms with E-state index in [1.165, 1.54) is 13.8 Å². The summed E-state index contributed by atoms with van der Waals surface area (Å²) in [6.45, 7) is 6.96. The van der Waals surface area contributed by atoms with Gasteiger partial charge in [0, 0.05) is 20.3 Å². The molecule has 1 saturated heterocycles. The third-order valence-electron chi connectivity index (χ3n) is 9.87. The molecule has 10 atom stereocenters. The van der Waals surface area contributed by atoms with Gasteiger partial charge < -0.3 is 14.2 Å². The first kappa shape index (κ1) is 21.9. The summed E-state index contributed by atoms with van der Waals surface area (Å²) in [5.41, 5.74) is -1.02. The molecule has 1 aliphatic heterocycles. The van der Waals surface area contributed by atoms with Crippen LogP contribution in [0, 0.1) is 40.4 Å². The zero-order chi connectivity index (χ0) is 23.0. The molecule has 7 nitrogen and oxygen atoms in total. The molecule has 0 aromatic carbocycles. The lowest BCUT2D eigenvalue weighted by Gasteiger charge is -2.61. The van der Waals surface area contributed by atoms with Gasteiger partial charge in [-0.3, -0.25) is 19.2 Å². The molecule has 0 aromatic heterocycles. The molecule has 0 aromatic rings. The largest absolute Gasteiger partial charge is 0.463 e. The van der Waals surface area contributed by atoms with Crippen LogP contribution in [-0.4, -0.2) is 42.0 Å². The first-order valence-electron chi connectivity index (χ1n) is 12.2. The first-order chi connectivity index (χ1) is 15.1. The van der Waals surface area contributed by atoms with Gasteiger partial charge in [0.25, 0.3) is 0 Å². The Kier molecular flexibility index (Phi) is 4.99. The van der Waals surface area contributed by atoms with Gasteiger partial charge in [-0.1, -0.05) is 6.92 Å². The third-order valence-corrected chi connectivity index (χ3v) is 9.87. The van der Waals surface area contributed by atoms with Crippen molar-refractivity contribution in [3.63, 3.8) is 0 Å². The highest BCUT2D eigenvalue weighted by atomic mass is 16.6. The number of fused-ring (bicyclic) bond motifs is 4. The smallest absolute Gasteiger partial charge is 0.317 e. The summed E-state index contributed by atoms with van der Waals surface area (Å²) >= 11 is 0. The average molecular weight is 447 g/mol. The summed E-state index contributed by atoms with van der Waals surface area (Å²) in [5.74, 6) is -0.654. The molecule has 5 aliphatic rings. The van der Waals surface area contributed by atoms with E-state index in [1.54, 1.807) is 6.92 Å². The molecular formula is C25H34O7. The van der Waals surface area contributed by atoms with Gasteiger partial charge >= 0.3 is 17.9 Å². The lowest BCUT2D eigenvalue weighted by molar-refractivity contribution is -0.199. The highest BCUT2D eigenvalue weighted by molar-refractivity contribution is 5.97. The van der Waals surface area contributed by atoms with Crippen LogP contribution >= 0.6 is 0 Å². The predicted molar refractivity (Wildman–Crippen MR) is 112 cm³/mol. The van der Waals surface area contributed by atoms with Crippen LogP contribution in [-0.2, 0) is 33.4 Å². The van der Waals surface area contributed by atoms with E-state index in [9.17, 15) is 19.2 Å². The molecule has 4 saturated carbocycles. The second-order valence-corrected chi connectivity index (χ2v) is 11.2. The van der Waals surface area contributed by atoms with Crippen LogP contribution in [0.2, 0.25) is 0 Å². The van der Waals surface area contributed by atoms with E-state index in [0.29, 0.717) is 18.8 Å². The Morgan fingerprint density at radius 3 is 2.41 bits per heavy atom. The van der Waals surface area contributed by atoms with Gasteiger partial charge in [0.1, 0.15) is 29.5 Å². The Hall–Kier alpha value is -1.92. The number of hydrogen-bond acceptors (Lipinski definition) is 7. The fourth-order valence-electron chi connectivity index (χ4n) is 8.79. The van der Waals surface area contributed by atoms with Gasteiger partial charge in [-0.05, 0) is 74.5 Å². The number of hydrogen-bond donors (Lipinski definition) is 0. The lowest BCUT2D eigenvalue weighted by atomic mass is 9.44. The number of esters is 3. The maximum absolute atomic E-state index is 13.3. The van der Waals surface area contributed by atoms with Gasteiger partial charge in [-0.25, -0.2) is 0 Å². The monoisotopic (exact) mass is 446 g/mol. The van der Waals surface area contributed by atoms with Crippen LogP contribution in [0.15, 0.2) is 0 Å². The Bertz CT molecular complexity index is 866. The maximum atomic E-state index is 13.3. The summed E-state index contributed by atoms with van der Waals surface area (Å²) in [5, 5.41) is 0. The van der Waals surface area contributed by atoms with Crippen LogP contribution < -0.4 is 0 Å². The molecule has 0 N–H and O–H groups in total. The molecule has 0 unspecified atom stereocenters. The minimum Gasteiger partial charge on any atom is -0.463 e. The number of carbonyl (C=O) groups is 4. The molecule has 0 bridgehead atoms. The summed E-state index contributed by atoms with van der Waals surface area (Å²) < 4.78 is 17.0. The molecule has 0 radical (unpaired) electrons. The maximum Gasteiger partial charge on any atom is 0.317 e. The summed E-state index contributed by atoms with van der Waals surface area (Å²) in [4.78, 5) is 50.1. The van der Waals surface area contributed by atoms with Crippen molar-refractivity contribution in [2.24, 2.45) is 40.4 Å². The molecule has 7 heteroatoms. The number of carbonyl (C=O) groups excluding carboxylic acids is 4. The van der Waals surface area contributed by atoms with E-state index in [1.807, 2.05) is 0 Å². The normalized spacial score (nSPS) is 49.2. The van der Waals surface area contributed by atoms with Gasteiger partial charge in [0.15, 0.2) is 0 Å². The van der Waals surface area contributed by atoms with Crippen molar-refractivity contribution in [1.29, 1.82) is 0 Å². The topological polar surface area (TPSA) is 96.0 Å². The summed E-state index contributed by atoms with van der Waals surface area (Å²) in [7, 11) is 0. The van der Waals surface area contributed by atoms with E-state index in [0.717, 1.165) is 32.1 Å². The van der Waals surface area contributed by atoms with Crippen molar-refractivity contribution in [3.8, 4) is 0 Å². The average Bonchev–Trinajstić information content (AvgIpc) is 3.15. The van der Waals surface area contributed by atoms with E-state index < -0.39 is 29.5 Å². The van der Waals surface area contributed by atoms with Crippen LogP contribution in [0.4, 0.5) is 0 Å². The number of Topliss-reactive ketones (excluding diaryl/α,β-unsaturated/α-hetero) is 1. The summed E-state index contributed by atoms with van der Waals surface area (Å²) in [6, 6.07) is 0. The van der Waals surface area contributed by atoms with E-state index in [2.05, 4.69) is 6.92 Å². The molecule has 32 heavy (non-hydrogen) atoms. The standard InChI is InChI=1S/C25H34O7/c1-12-22-20(28)10-19-17-6-5-15-9-16(31-13(2)26)7-8-24(15,4)18(17)11-21(32-14(3)27)25(19,22)23(29)30-12/h12,15-19,21-22H,5-11H2,1-4H3/t12-,15-,16-,17+,18-,19-,21+,22-,24-,25-/m0/s1. The number of cyclic esters (lactones) is 1. The fraction of sp³-hybridized carbons (Fsp3) is 0.840. The molecule has 5 fully saturated rings. The Balaban J connectivity index is 1.51. The zero-order valence-corrected chi connectivity index (χ0v) is 19.4. The number of ketones is 1. The van der Waals surface area contributed by atoms with Crippen molar-refractivity contribution < 1.29 is 33.4 Å². The quantitative estimate of drug-likeness (QED) is 0.475. The number of ether oxygens (including phenoxy) is 3. The Morgan fingerprint density at radius 1 is 1.00 bits per heavy atom. The van der Waals surface area contributed by atoms with Crippen LogP contribution in [0.1, 0.15) is 72.6 Å². The van der Waals surface area contributed by atoms with E-state index in [4.69, 9.17) is 14.2 Å². The van der Waals surface area contributed by atoms with E-state index in [-0.39, 0.29) is 47.0 Å². The third kappa shape index (κ3) is 2.84. The van der Waals surface area contributed by atoms with Gasteiger partial charge in [0.05, 0.1) is 5.92 Å². The molecule has 4 aliphatic carbocycles. The van der Waals surface area contributed by atoms with Crippen molar-refractivity contribution in [3.05, 3.63) is 0 Å². The SMILES string of the molecule is CC(=O)O[C@H]1CC[C@@]2(C)[C@@H](CC[C@@H]3[C@@H]2C[C@@H](OC(C)=O)[C@]24C(=O)O[C@@H](C)[C@H]2C(=O)C[C@@H]34)C1. The van der Waals surface area contributed by atoms with Gasteiger partial charge in [-0.15, -0.1) is 0 Å². The minimum absolute atomic E-state index is 0.00876. The fourth-order valence-corrected chi connectivity index (χ4v) is 8.79.